The largest absolute Gasteiger partial charge is 0.496 e. The van der Waals surface area contributed by atoms with Gasteiger partial charge in [0.15, 0.2) is 15.9 Å². The molecular formula is C19H21NO6S. The lowest BCUT2D eigenvalue weighted by Gasteiger charge is -2.17. The molecule has 144 valence electrons. The molecule has 1 aliphatic rings. The monoisotopic (exact) mass is 391 g/mol. The number of methoxy groups -OCH3 is 1. The van der Waals surface area contributed by atoms with Crippen LogP contribution in [0.1, 0.15) is 23.7 Å². The summed E-state index contributed by atoms with van der Waals surface area (Å²) in [5.74, 6) is -0.879. The highest BCUT2D eigenvalue weighted by Gasteiger charge is 2.31. The molecule has 2 aromatic rings. The van der Waals surface area contributed by atoms with Crippen LogP contribution in [-0.2, 0) is 19.4 Å². The highest BCUT2D eigenvalue weighted by molar-refractivity contribution is 7.91. The van der Waals surface area contributed by atoms with E-state index in [1.54, 1.807) is 12.1 Å². The number of carbonyl (C=O) groups is 2. The van der Waals surface area contributed by atoms with E-state index in [4.69, 9.17) is 9.47 Å². The molecule has 0 saturated carbocycles. The number of fused-ring (bicyclic) bond motifs is 1. The summed E-state index contributed by atoms with van der Waals surface area (Å²) < 4.78 is 33.5. The Kier molecular flexibility index (Phi) is 5.36. The van der Waals surface area contributed by atoms with Crippen LogP contribution in [0.3, 0.4) is 0 Å². The topological polar surface area (TPSA) is 98.8 Å². The molecule has 2 aromatic carbocycles. The lowest BCUT2D eigenvalue weighted by atomic mass is 10.1. The van der Waals surface area contributed by atoms with Crippen molar-refractivity contribution in [2.75, 3.05) is 18.6 Å². The van der Waals surface area contributed by atoms with Gasteiger partial charge in [-0.15, -0.1) is 0 Å². The van der Waals surface area contributed by atoms with Crippen LogP contribution >= 0.6 is 0 Å². The van der Waals surface area contributed by atoms with Gasteiger partial charge >= 0.3 is 5.97 Å². The SMILES string of the molecule is COc1cc2ccccc2cc1C(=O)OC(C)C(=O)NC1CCS(=O)(=O)C1. The summed E-state index contributed by atoms with van der Waals surface area (Å²) in [6.45, 7) is 1.45. The number of amides is 1. The Balaban J connectivity index is 1.71. The van der Waals surface area contributed by atoms with Crippen molar-refractivity contribution < 1.29 is 27.5 Å². The fourth-order valence-electron chi connectivity index (χ4n) is 3.05. The minimum absolute atomic E-state index is 0.0560. The smallest absolute Gasteiger partial charge is 0.342 e. The Bertz CT molecular complexity index is 985. The molecule has 0 aromatic heterocycles. The number of ether oxygens (including phenoxy) is 2. The van der Waals surface area contributed by atoms with Gasteiger partial charge in [-0.2, -0.15) is 0 Å². The van der Waals surface area contributed by atoms with Crippen LogP contribution < -0.4 is 10.1 Å². The normalized spacial score (nSPS) is 19.4. The molecule has 1 heterocycles. The van der Waals surface area contributed by atoms with Gasteiger partial charge in [-0.1, -0.05) is 24.3 Å². The lowest BCUT2D eigenvalue weighted by molar-refractivity contribution is -0.129. The number of carbonyl (C=O) groups excluding carboxylic acids is 2. The van der Waals surface area contributed by atoms with Crippen LogP contribution in [-0.4, -0.2) is 51.1 Å². The molecule has 2 unspecified atom stereocenters. The van der Waals surface area contributed by atoms with E-state index in [1.807, 2.05) is 24.3 Å². The van der Waals surface area contributed by atoms with Gasteiger partial charge in [0, 0.05) is 6.04 Å². The van der Waals surface area contributed by atoms with Crippen molar-refractivity contribution in [2.45, 2.75) is 25.5 Å². The molecule has 1 aliphatic heterocycles. The van der Waals surface area contributed by atoms with E-state index < -0.39 is 33.9 Å². The minimum atomic E-state index is -3.10. The van der Waals surface area contributed by atoms with Gasteiger partial charge in [-0.05, 0) is 36.2 Å². The second kappa shape index (κ2) is 7.56. The molecule has 0 radical (unpaired) electrons. The second-order valence-electron chi connectivity index (χ2n) is 6.56. The Morgan fingerprint density at radius 2 is 1.85 bits per heavy atom. The van der Waals surface area contributed by atoms with Gasteiger partial charge in [-0.25, -0.2) is 13.2 Å². The van der Waals surface area contributed by atoms with Gasteiger partial charge in [0.25, 0.3) is 5.91 Å². The number of hydrogen-bond donors (Lipinski definition) is 1. The number of rotatable bonds is 5. The zero-order valence-corrected chi connectivity index (χ0v) is 15.9. The Morgan fingerprint density at radius 3 is 2.44 bits per heavy atom. The summed E-state index contributed by atoms with van der Waals surface area (Å²) in [6.07, 6.45) is -0.690. The average molecular weight is 391 g/mol. The average Bonchev–Trinajstić information content (AvgIpc) is 2.98. The van der Waals surface area contributed by atoms with E-state index >= 15 is 0 Å². The van der Waals surface area contributed by atoms with Crippen LogP contribution in [0.15, 0.2) is 36.4 Å². The van der Waals surface area contributed by atoms with Gasteiger partial charge in [0.05, 0.1) is 18.6 Å². The predicted octanol–water partition coefficient (Wildman–Crippen LogP) is 1.70. The van der Waals surface area contributed by atoms with Gasteiger partial charge in [-0.3, -0.25) is 4.79 Å². The Morgan fingerprint density at radius 1 is 1.19 bits per heavy atom. The van der Waals surface area contributed by atoms with Crippen molar-refractivity contribution in [3.05, 3.63) is 42.0 Å². The standard InChI is InChI=1S/C19H21NO6S/c1-12(18(21)20-15-7-8-27(23,24)11-15)26-19(22)16-9-13-5-3-4-6-14(13)10-17(16)25-2/h3-6,9-10,12,15H,7-8,11H2,1-2H3,(H,20,21). The molecule has 0 spiro atoms. The summed E-state index contributed by atoms with van der Waals surface area (Å²) >= 11 is 0. The minimum Gasteiger partial charge on any atom is -0.496 e. The van der Waals surface area contributed by atoms with Gasteiger partial charge in [0.1, 0.15) is 11.3 Å². The fraction of sp³-hybridized carbons (Fsp3) is 0.368. The molecule has 2 atom stereocenters. The molecule has 0 bridgehead atoms. The molecule has 3 rings (SSSR count). The molecule has 7 nitrogen and oxygen atoms in total. The van der Waals surface area contributed by atoms with E-state index in [2.05, 4.69) is 5.32 Å². The maximum absolute atomic E-state index is 12.5. The number of esters is 1. The molecule has 27 heavy (non-hydrogen) atoms. The van der Waals surface area contributed by atoms with Crippen molar-refractivity contribution >= 4 is 32.5 Å². The van der Waals surface area contributed by atoms with E-state index in [0.29, 0.717) is 12.2 Å². The van der Waals surface area contributed by atoms with E-state index in [-0.39, 0.29) is 17.1 Å². The number of nitrogens with one attached hydrogen (secondary N) is 1. The molecule has 1 N–H and O–H groups in total. The Labute approximate surface area is 157 Å². The van der Waals surface area contributed by atoms with Crippen LogP contribution in [0.25, 0.3) is 10.8 Å². The third kappa shape index (κ3) is 4.39. The second-order valence-corrected chi connectivity index (χ2v) is 8.78. The van der Waals surface area contributed by atoms with Gasteiger partial charge < -0.3 is 14.8 Å². The molecule has 1 amide bonds. The zero-order chi connectivity index (χ0) is 19.6. The van der Waals surface area contributed by atoms with E-state index in [0.717, 1.165) is 10.8 Å². The maximum atomic E-state index is 12.5. The number of hydrogen-bond acceptors (Lipinski definition) is 6. The molecular weight excluding hydrogens is 370 g/mol. The van der Waals surface area contributed by atoms with Crippen LogP contribution in [0.4, 0.5) is 0 Å². The summed E-state index contributed by atoms with van der Waals surface area (Å²) in [6, 6.07) is 10.5. The van der Waals surface area contributed by atoms with Gasteiger partial charge in [0.2, 0.25) is 0 Å². The Hall–Kier alpha value is -2.61. The van der Waals surface area contributed by atoms with Crippen LogP contribution in [0.2, 0.25) is 0 Å². The van der Waals surface area contributed by atoms with Crippen LogP contribution in [0.5, 0.6) is 5.75 Å². The number of benzene rings is 2. The highest BCUT2D eigenvalue weighted by Crippen LogP contribution is 2.27. The van der Waals surface area contributed by atoms with Crippen molar-refractivity contribution in [1.29, 1.82) is 0 Å². The summed E-state index contributed by atoms with van der Waals surface area (Å²) in [5.41, 5.74) is 0.222. The van der Waals surface area contributed by atoms with E-state index in [9.17, 15) is 18.0 Å². The first-order chi connectivity index (χ1) is 12.8. The van der Waals surface area contributed by atoms with Crippen LogP contribution in [0, 0.1) is 0 Å². The lowest BCUT2D eigenvalue weighted by Crippen LogP contribution is -2.42. The third-order valence-corrected chi connectivity index (χ3v) is 6.29. The zero-order valence-electron chi connectivity index (χ0n) is 15.1. The van der Waals surface area contributed by atoms with Crippen molar-refractivity contribution in [3.8, 4) is 5.75 Å². The fourth-order valence-corrected chi connectivity index (χ4v) is 4.73. The molecule has 1 saturated heterocycles. The number of sulfone groups is 1. The summed E-state index contributed by atoms with van der Waals surface area (Å²) in [4.78, 5) is 24.8. The molecule has 0 aliphatic carbocycles. The first-order valence-electron chi connectivity index (χ1n) is 8.57. The predicted molar refractivity (Wildman–Crippen MR) is 101 cm³/mol. The van der Waals surface area contributed by atoms with Crippen molar-refractivity contribution in [2.24, 2.45) is 0 Å². The summed E-state index contributed by atoms with van der Waals surface area (Å²) in [7, 11) is -1.65. The quantitative estimate of drug-likeness (QED) is 0.779. The van der Waals surface area contributed by atoms with Crippen molar-refractivity contribution in [1.82, 2.24) is 5.32 Å². The first-order valence-corrected chi connectivity index (χ1v) is 10.4. The highest BCUT2D eigenvalue weighted by atomic mass is 32.2. The van der Waals surface area contributed by atoms with E-state index in [1.165, 1.54) is 14.0 Å². The molecule has 8 heteroatoms. The maximum Gasteiger partial charge on any atom is 0.342 e. The third-order valence-electron chi connectivity index (χ3n) is 4.52. The molecule has 1 fully saturated rings. The van der Waals surface area contributed by atoms with Crippen molar-refractivity contribution in [3.63, 3.8) is 0 Å². The summed E-state index contributed by atoms with van der Waals surface area (Å²) in [5, 5.41) is 4.38. The first kappa shape index (κ1) is 19.2.